The van der Waals surface area contributed by atoms with E-state index in [-0.39, 0.29) is 23.7 Å². The van der Waals surface area contributed by atoms with Crippen LogP contribution in [0.25, 0.3) is 0 Å². The summed E-state index contributed by atoms with van der Waals surface area (Å²) < 4.78 is 5.41. The van der Waals surface area contributed by atoms with Gasteiger partial charge in [0.05, 0.1) is 6.42 Å². The van der Waals surface area contributed by atoms with Crippen molar-refractivity contribution in [1.29, 1.82) is 0 Å². The molecule has 1 heterocycles. The molecule has 0 N–H and O–H groups in total. The maximum Gasteiger partial charge on any atom is 0.303 e. The summed E-state index contributed by atoms with van der Waals surface area (Å²) in [6.07, 6.45) is -0.194. The lowest BCUT2D eigenvalue weighted by Gasteiger charge is -2.27. The third kappa shape index (κ3) is 3.97. The molecule has 1 saturated heterocycles. The number of benzene rings is 2. The number of esters is 1. The number of ether oxygens (including phenoxy) is 1. The number of amides is 1. The van der Waals surface area contributed by atoms with E-state index in [0.717, 1.165) is 10.5 Å². The number of hydrogen-bond acceptors (Lipinski definition) is 4. The molecule has 3 rings (SSSR count). The van der Waals surface area contributed by atoms with Crippen molar-refractivity contribution in [2.75, 3.05) is 0 Å². The van der Waals surface area contributed by atoms with Crippen LogP contribution in [-0.4, -0.2) is 28.3 Å². The summed E-state index contributed by atoms with van der Waals surface area (Å²) in [6.45, 7) is 1.90. The van der Waals surface area contributed by atoms with Gasteiger partial charge in [0.1, 0.15) is 11.5 Å². The van der Waals surface area contributed by atoms with Crippen molar-refractivity contribution in [1.82, 2.24) is 4.90 Å². The first kappa shape index (κ1) is 16.6. The fourth-order valence-corrected chi connectivity index (χ4v) is 4.00. The number of carbonyl (C=O) groups is 2. The van der Waals surface area contributed by atoms with Crippen molar-refractivity contribution in [3.63, 3.8) is 0 Å². The highest BCUT2D eigenvalue weighted by Gasteiger charge is 2.42. The molecule has 2 atom stereocenters. The van der Waals surface area contributed by atoms with Gasteiger partial charge in [0.15, 0.2) is 0 Å². The van der Waals surface area contributed by atoms with Crippen molar-refractivity contribution in [2.45, 2.75) is 36.3 Å². The van der Waals surface area contributed by atoms with Crippen molar-refractivity contribution in [3.05, 3.63) is 66.2 Å². The number of rotatable bonds is 5. The summed E-state index contributed by atoms with van der Waals surface area (Å²) in [5.41, 5.74) is 1.06. The summed E-state index contributed by atoms with van der Waals surface area (Å²) in [7, 11) is 0. The molecule has 1 aliphatic heterocycles. The Morgan fingerprint density at radius 2 is 1.75 bits per heavy atom. The maximum absolute atomic E-state index is 12.5. The number of likely N-dealkylation sites (tertiary alicyclic amines) is 1. The molecule has 5 heteroatoms. The Bertz CT molecular complexity index is 705. The van der Waals surface area contributed by atoms with Crippen molar-refractivity contribution in [3.8, 4) is 0 Å². The Balaban J connectivity index is 1.83. The van der Waals surface area contributed by atoms with Gasteiger partial charge in [-0.15, -0.1) is 0 Å². The van der Waals surface area contributed by atoms with E-state index in [2.05, 4.69) is 0 Å². The molecule has 0 aromatic heterocycles. The van der Waals surface area contributed by atoms with E-state index in [1.165, 1.54) is 6.92 Å². The Morgan fingerprint density at radius 1 is 1.12 bits per heavy atom. The lowest BCUT2D eigenvalue weighted by atomic mass is 10.2. The van der Waals surface area contributed by atoms with Crippen LogP contribution in [0.1, 0.15) is 18.9 Å². The average molecular weight is 341 g/mol. The second-order valence-corrected chi connectivity index (χ2v) is 6.87. The summed E-state index contributed by atoms with van der Waals surface area (Å²) >= 11 is 1.56. The van der Waals surface area contributed by atoms with Crippen LogP contribution in [0.2, 0.25) is 0 Å². The fraction of sp³-hybridized carbons (Fsp3) is 0.263. The SMILES string of the molecule is CC(=O)O[C@H]1CC(=O)N(Cc2ccccc2)C1Sc1ccccc1. The third-order valence-corrected chi connectivity index (χ3v) is 5.18. The van der Waals surface area contributed by atoms with Gasteiger partial charge in [-0.1, -0.05) is 60.3 Å². The van der Waals surface area contributed by atoms with E-state index in [0.29, 0.717) is 6.54 Å². The van der Waals surface area contributed by atoms with E-state index < -0.39 is 6.10 Å². The first-order valence-electron chi connectivity index (χ1n) is 7.86. The maximum atomic E-state index is 12.5. The van der Waals surface area contributed by atoms with E-state index in [4.69, 9.17) is 4.74 Å². The highest BCUT2D eigenvalue weighted by Crippen LogP contribution is 2.36. The Morgan fingerprint density at radius 3 is 2.38 bits per heavy atom. The summed E-state index contributed by atoms with van der Waals surface area (Å²) in [5.74, 6) is -0.341. The Labute approximate surface area is 145 Å². The van der Waals surface area contributed by atoms with Gasteiger partial charge in [0, 0.05) is 18.4 Å². The zero-order valence-electron chi connectivity index (χ0n) is 13.4. The molecular weight excluding hydrogens is 322 g/mol. The smallest absolute Gasteiger partial charge is 0.303 e. The molecular formula is C19H19NO3S. The van der Waals surface area contributed by atoms with E-state index >= 15 is 0 Å². The Kier molecular flexibility index (Phi) is 5.20. The molecule has 1 aliphatic rings. The average Bonchev–Trinajstić information content (AvgIpc) is 2.84. The van der Waals surface area contributed by atoms with Crippen molar-refractivity contribution in [2.24, 2.45) is 0 Å². The van der Waals surface area contributed by atoms with Crippen LogP contribution in [0, 0.1) is 0 Å². The van der Waals surface area contributed by atoms with Gasteiger partial charge < -0.3 is 9.64 Å². The normalized spacial score (nSPS) is 20.2. The predicted molar refractivity (Wildman–Crippen MR) is 93.3 cm³/mol. The van der Waals surface area contributed by atoms with E-state index in [1.807, 2.05) is 60.7 Å². The minimum Gasteiger partial charge on any atom is -0.459 e. The quantitative estimate of drug-likeness (QED) is 0.781. The minimum absolute atomic E-state index is 0.0125. The lowest BCUT2D eigenvalue weighted by molar-refractivity contribution is -0.146. The van der Waals surface area contributed by atoms with Gasteiger partial charge in [0.2, 0.25) is 5.91 Å². The molecule has 0 aliphatic carbocycles. The largest absolute Gasteiger partial charge is 0.459 e. The number of thioether (sulfide) groups is 1. The molecule has 2 aromatic carbocycles. The summed E-state index contributed by atoms with van der Waals surface area (Å²) in [5, 5.41) is -0.219. The third-order valence-electron chi connectivity index (χ3n) is 3.83. The molecule has 4 nitrogen and oxygen atoms in total. The predicted octanol–water partition coefficient (Wildman–Crippen LogP) is 3.47. The molecule has 24 heavy (non-hydrogen) atoms. The highest BCUT2D eigenvalue weighted by molar-refractivity contribution is 8.00. The van der Waals surface area contributed by atoms with Gasteiger partial charge in [0.25, 0.3) is 0 Å². The number of carbonyl (C=O) groups excluding carboxylic acids is 2. The zero-order valence-corrected chi connectivity index (χ0v) is 14.2. The van der Waals surface area contributed by atoms with Gasteiger partial charge in [-0.3, -0.25) is 9.59 Å². The lowest BCUT2D eigenvalue weighted by Crippen LogP contribution is -2.35. The summed E-state index contributed by atoms with van der Waals surface area (Å²) in [6, 6.07) is 19.7. The molecule has 0 spiro atoms. The van der Waals surface area contributed by atoms with Gasteiger partial charge in [-0.05, 0) is 17.7 Å². The molecule has 0 bridgehead atoms. The van der Waals surface area contributed by atoms with E-state index in [1.54, 1.807) is 16.7 Å². The molecule has 1 amide bonds. The van der Waals surface area contributed by atoms with Crippen LogP contribution >= 0.6 is 11.8 Å². The van der Waals surface area contributed by atoms with Crippen LogP contribution < -0.4 is 0 Å². The molecule has 1 unspecified atom stereocenters. The molecule has 1 fully saturated rings. The van der Waals surface area contributed by atoms with Crippen molar-refractivity contribution < 1.29 is 14.3 Å². The molecule has 124 valence electrons. The van der Waals surface area contributed by atoms with Gasteiger partial charge in [-0.25, -0.2) is 0 Å². The first-order chi connectivity index (χ1) is 11.6. The van der Waals surface area contributed by atoms with Gasteiger partial charge in [-0.2, -0.15) is 0 Å². The molecule has 0 saturated carbocycles. The van der Waals surface area contributed by atoms with Crippen LogP contribution in [0.3, 0.4) is 0 Å². The van der Waals surface area contributed by atoms with Crippen LogP contribution in [0.5, 0.6) is 0 Å². The van der Waals surface area contributed by atoms with E-state index in [9.17, 15) is 9.59 Å². The molecule has 0 radical (unpaired) electrons. The second kappa shape index (κ2) is 7.53. The fourth-order valence-electron chi connectivity index (χ4n) is 2.78. The number of hydrogen-bond donors (Lipinski definition) is 0. The van der Waals surface area contributed by atoms with Crippen LogP contribution in [-0.2, 0) is 20.9 Å². The number of nitrogens with zero attached hydrogens (tertiary/aromatic N) is 1. The summed E-state index contributed by atoms with van der Waals surface area (Å²) in [4.78, 5) is 26.8. The molecule has 2 aromatic rings. The second-order valence-electron chi connectivity index (χ2n) is 5.68. The van der Waals surface area contributed by atoms with Crippen molar-refractivity contribution >= 4 is 23.6 Å². The van der Waals surface area contributed by atoms with Crippen LogP contribution in [0.4, 0.5) is 0 Å². The minimum atomic E-state index is -0.427. The first-order valence-corrected chi connectivity index (χ1v) is 8.74. The Hall–Kier alpha value is -2.27. The van der Waals surface area contributed by atoms with Gasteiger partial charge >= 0.3 is 5.97 Å². The standard InChI is InChI=1S/C19H19NO3S/c1-14(21)23-17-12-18(22)20(13-15-8-4-2-5-9-15)19(17)24-16-10-6-3-7-11-16/h2-11,17,19H,12-13H2,1H3/t17-,19?/m0/s1. The monoisotopic (exact) mass is 341 g/mol. The van der Waals surface area contributed by atoms with Crippen LogP contribution in [0.15, 0.2) is 65.6 Å². The zero-order chi connectivity index (χ0) is 16.9. The topological polar surface area (TPSA) is 46.6 Å². The highest BCUT2D eigenvalue weighted by atomic mass is 32.2.